The summed E-state index contributed by atoms with van der Waals surface area (Å²) >= 11 is 7.29. The molecule has 1 aromatic rings. The molecule has 0 bridgehead atoms. The van der Waals surface area contributed by atoms with Crippen molar-refractivity contribution in [3.05, 3.63) is 29.3 Å². The number of benzene rings is 1. The van der Waals surface area contributed by atoms with Gasteiger partial charge in [0, 0.05) is 29.1 Å². The monoisotopic (exact) mass is 272 g/mol. The highest BCUT2D eigenvalue weighted by Gasteiger charge is 2.05. The van der Waals surface area contributed by atoms with Crippen LogP contribution in [-0.2, 0) is 4.79 Å². The molecule has 3 amide bonds. The fourth-order valence-corrected chi connectivity index (χ4v) is 2.02. The van der Waals surface area contributed by atoms with Gasteiger partial charge >= 0.3 is 6.03 Å². The molecule has 1 aromatic carbocycles. The first-order valence-corrected chi connectivity index (χ1v) is 6.38. The molecule has 0 aromatic heterocycles. The van der Waals surface area contributed by atoms with Gasteiger partial charge in [0.1, 0.15) is 0 Å². The third-order valence-electron chi connectivity index (χ3n) is 1.89. The lowest BCUT2D eigenvalue weighted by Crippen LogP contribution is -2.37. The number of carbonyl (C=O) groups excluding carboxylic acids is 2. The molecule has 0 aliphatic carbocycles. The van der Waals surface area contributed by atoms with Crippen LogP contribution in [0, 0.1) is 0 Å². The highest BCUT2D eigenvalue weighted by Crippen LogP contribution is 2.20. The number of carbonyl (C=O) groups is 2. The van der Waals surface area contributed by atoms with Crippen molar-refractivity contribution in [2.45, 2.75) is 11.3 Å². The summed E-state index contributed by atoms with van der Waals surface area (Å²) in [5.74, 6) is 0.329. The molecule has 0 heterocycles. The summed E-state index contributed by atoms with van der Waals surface area (Å²) in [6.45, 7) is 0. The Morgan fingerprint density at radius 2 is 1.94 bits per heavy atom. The molecule has 0 spiro atoms. The molecule has 0 atom stereocenters. The smallest absolute Gasteiger partial charge is 0.321 e. The van der Waals surface area contributed by atoms with Crippen molar-refractivity contribution in [3.8, 4) is 0 Å². The fourth-order valence-electron chi connectivity index (χ4n) is 1.04. The number of hydrogen-bond donors (Lipinski definition) is 2. The number of thioether (sulfide) groups is 1. The first-order chi connectivity index (χ1) is 8.11. The van der Waals surface area contributed by atoms with Crippen molar-refractivity contribution in [3.63, 3.8) is 0 Å². The summed E-state index contributed by atoms with van der Waals surface area (Å²) in [5, 5.41) is 5.21. The number of imide groups is 1. The van der Waals surface area contributed by atoms with Crippen LogP contribution in [0.15, 0.2) is 29.2 Å². The maximum absolute atomic E-state index is 11.3. The Hall–Kier alpha value is -1.20. The van der Waals surface area contributed by atoms with Crippen molar-refractivity contribution in [1.29, 1.82) is 0 Å². The van der Waals surface area contributed by atoms with E-state index < -0.39 is 6.03 Å². The van der Waals surface area contributed by atoms with Crippen molar-refractivity contribution in [1.82, 2.24) is 10.6 Å². The van der Waals surface area contributed by atoms with Gasteiger partial charge in [-0.15, -0.1) is 11.8 Å². The number of urea groups is 1. The zero-order chi connectivity index (χ0) is 12.7. The van der Waals surface area contributed by atoms with Gasteiger partial charge in [0.25, 0.3) is 0 Å². The lowest BCUT2D eigenvalue weighted by Gasteiger charge is -2.03. The average molecular weight is 273 g/mol. The van der Waals surface area contributed by atoms with Crippen LogP contribution in [0.5, 0.6) is 0 Å². The maximum atomic E-state index is 11.3. The van der Waals surface area contributed by atoms with Crippen LogP contribution < -0.4 is 10.6 Å². The standard InChI is InChI=1S/C11H13ClN2O2S/c1-13-11(16)14-10(15)6-7-17-9-4-2-8(12)3-5-9/h2-5H,6-7H2,1H3,(H2,13,14,15,16). The molecule has 2 N–H and O–H groups in total. The minimum Gasteiger partial charge on any atom is -0.341 e. The average Bonchev–Trinajstić information content (AvgIpc) is 2.31. The number of rotatable bonds is 4. The summed E-state index contributed by atoms with van der Waals surface area (Å²) in [5.41, 5.74) is 0. The summed E-state index contributed by atoms with van der Waals surface area (Å²) < 4.78 is 0. The molecule has 0 fully saturated rings. The minimum atomic E-state index is -0.480. The molecule has 17 heavy (non-hydrogen) atoms. The summed E-state index contributed by atoms with van der Waals surface area (Å²) in [4.78, 5) is 23.1. The Morgan fingerprint density at radius 3 is 2.53 bits per heavy atom. The molecule has 0 unspecified atom stereocenters. The summed E-state index contributed by atoms with van der Waals surface area (Å²) in [7, 11) is 1.46. The van der Waals surface area contributed by atoms with Crippen molar-refractivity contribution >= 4 is 35.3 Å². The van der Waals surface area contributed by atoms with Gasteiger partial charge in [0.15, 0.2) is 0 Å². The van der Waals surface area contributed by atoms with E-state index in [1.54, 1.807) is 23.9 Å². The van der Waals surface area contributed by atoms with Crippen LogP contribution in [-0.4, -0.2) is 24.7 Å². The lowest BCUT2D eigenvalue weighted by atomic mass is 10.4. The van der Waals surface area contributed by atoms with Crippen LogP contribution in [0.3, 0.4) is 0 Å². The topological polar surface area (TPSA) is 58.2 Å². The number of nitrogens with one attached hydrogen (secondary N) is 2. The predicted octanol–water partition coefficient (Wildman–Crippen LogP) is 2.28. The van der Waals surface area contributed by atoms with Crippen molar-refractivity contribution in [2.24, 2.45) is 0 Å². The molecular weight excluding hydrogens is 260 g/mol. The second-order valence-electron chi connectivity index (χ2n) is 3.18. The Kier molecular flexibility index (Phi) is 5.86. The number of halogens is 1. The van der Waals surface area contributed by atoms with Crippen LogP contribution in [0.1, 0.15) is 6.42 Å². The number of amides is 3. The van der Waals surface area contributed by atoms with E-state index in [1.807, 2.05) is 12.1 Å². The van der Waals surface area contributed by atoms with E-state index in [9.17, 15) is 9.59 Å². The van der Waals surface area contributed by atoms with Gasteiger partial charge < -0.3 is 5.32 Å². The van der Waals surface area contributed by atoms with E-state index in [1.165, 1.54) is 7.05 Å². The normalized spacial score (nSPS) is 9.76. The Labute approximate surface area is 109 Å². The van der Waals surface area contributed by atoms with Crippen LogP contribution in [0.2, 0.25) is 5.02 Å². The van der Waals surface area contributed by atoms with Crippen LogP contribution in [0.25, 0.3) is 0 Å². The largest absolute Gasteiger partial charge is 0.341 e. The van der Waals surface area contributed by atoms with Crippen LogP contribution >= 0.6 is 23.4 Å². The van der Waals surface area contributed by atoms with Gasteiger partial charge in [-0.1, -0.05) is 11.6 Å². The first kappa shape index (κ1) is 13.9. The third-order valence-corrected chi connectivity index (χ3v) is 3.16. The molecule has 0 aliphatic rings. The van der Waals surface area contributed by atoms with Crippen molar-refractivity contribution < 1.29 is 9.59 Å². The minimum absolute atomic E-state index is 0.286. The summed E-state index contributed by atoms with van der Waals surface area (Å²) in [6.07, 6.45) is 0.292. The lowest BCUT2D eigenvalue weighted by molar-refractivity contribution is -0.119. The van der Waals surface area contributed by atoms with E-state index in [0.29, 0.717) is 17.2 Å². The second-order valence-corrected chi connectivity index (χ2v) is 4.78. The molecule has 0 saturated heterocycles. The van der Waals surface area contributed by atoms with Gasteiger partial charge in [0.2, 0.25) is 5.91 Å². The highest BCUT2D eigenvalue weighted by atomic mass is 35.5. The molecule has 0 radical (unpaired) electrons. The summed E-state index contributed by atoms with van der Waals surface area (Å²) in [6, 6.07) is 6.91. The molecule has 0 aliphatic heterocycles. The predicted molar refractivity (Wildman–Crippen MR) is 69.4 cm³/mol. The molecule has 4 nitrogen and oxygen atoms in total. The molecule has 6 heteroatoms. The van der Waals surface area contributed by atoms with E-state index >= 15 is 0 Å². The zero-order valence-corrected chi connectivity index (χ0v) is 10.9. The van der Waals surface area contributed by atoms with E-state index in [2.05, 4.69) is 10.6 Å². The molecular formula is C11H13ClN2O2S. The van der Waals surface area contributed by atoms with Gasteiger partial charge in [-0.3, -0.25) is 10.1 Å². The van der Waals surface area contributed by atoms with E-state index in [-0.39, 0.29) is 5.91 Å². The van der Waals surface area contributed by atoms with Gasteiger partial charge in [-0.2, -0.15) is 0 Å². The van der Waals surface area contributed by atoms with E-state index in [4.69, 9.17) is 11.6 Å². The molecule has 1 rings (SSSR count). The zero-order valence-electron chi connectivity index (χ0n) is 9.33. The SMILES string of the molecule is CNC(=O)NC(=O)CCSc1ccc(Cl)cc1. The number of hydrogen-bond acceptors (Lipinski definition) is 3. The Morgan fingerprint density at radius 1 is 1.29 bits per heavy atom. The maximum Gasteiger partial charge on any atom is 0.321 e. The fraction of sp³-hybridized carbons (Fsp3) is 0.273. The molecule has 0 saturated carbocycles. The van der Waals surface area contributed by atoms with Gasteiger partial charge in [-0.25, -0.2) is 4.79 Å². The Balaban J connectivity index is 2.26. The highest BCUT2D eigenvalue weighted by molar-refractivity contribution is 7.99. The van der Waals surface area contributed by atoms with E-state index in [0.717, 1.165) is 4.90 Å². The second kappa shape index (κ2) is 7.19. The van der Waals surface area contributed by atoms with Crippen LogP contribution in [0.4, 0.5) is 4.79 Å². The van der Waals surface area contributed by atoms with Gasteiger partial charge in [0.05, 0.1) is 0 Å². The molecule has 92 valence electrons. The quantitative estimate of drug-likeness (QED) is 0.827. The first-order valence-electron chi connectivity index (χ1n) is 5.01. The van der Waals surface area contributed by atoms with Crippen molar-refractivity contribution in [2.75, 3.05) is 12.8 Å². The third kappa shape index (κ3) is 5.60. The van der Waals surface area contributed by atoms with Gasteiger partial charge in [-0.05, 0) is 24.3 Å². The Bertz CT molecular complexity index is 395.